The quantitative estimate of drug-likeness (QED) is 0.830. The molecule has 1 aliphatic heterocycles. The second kappa shape index (κ2) is 7.06. The minimum Gasteiger partial charge on any atom is -0.325 e. The van der Waals surface area contributed by atoms with E-state index in [9.17, 15) is 13.2 Å². The van der Waals surface area contributed by atoms with Crippen LogP contribution in [0.15, 0.2) is 24.4 Å². The van der Waals surface area contributed by atoms with Gasteiger partial charge in [-0.15, -0.1) is 0 Å². The monoisotopic (exact) mass is 391 g/mol. The third kappa shape index (κ3) is 3.90. The van der Waals surface area contributed by atoms with Crippen molar-refractivity contribution < 1.29 is 13.2 Å². The lowest BCUT2D eigenvalue weighted by molar-refractivity contribution is -0.120. The molecule has 1 aromatic heterocycles. The van der Waals surface area contributed by atoms with Crippen LogP contribution in [0.3, 0.4) is 0 Å². The number of nitrogens with one attached hydrogen (secondary N) is 2. The van der Waals surface area contributed by atoms with Crippen molar-refractivity contribution >= 4 is 21.8 Å². The molecule has 146 valence electrons. The fraction of sp³-hybridized carbons (Fsp3) is 0.444. The van der Waals surface area contributed by atoms with E-state index in [0.717, 1.165) is 26.7 Å². The number of anilines is 1. The summed E-state index contributed by atoms with van der Waals surface area (Å²) in [6, 6.07) is 4.30. The SMILES string of the molecule is Cc1ccc(NC(=O)[C@H]2C[C@H](c3cn(C)nc3C)NS(=O)(=O)N2C)cc1C. The van der Waals surface area contributed by atoms with E-state index in [1.54, 1.807) is 17.9 Å². The Bertz CT molecular complexity index is 983. The van der Waals surface area contributed by atoms with Crippen LogP contribution in [0.4, 0.5) is 5.69 Å². The van der Waals surface area contributed by atoms with E-state index in [2.05, 4.69) is 15.1 Å². The summed E-state index contributed by atoms with van der Waals surface area (Å²) in [6.45, 7) is 5.79. The van der Waals surface area contributed by atoms with E-state index < -0.39 is 22.3 Å². The Morgan fingerprint density at radius 2 is 1.93 bits per heavy atom. The molecular weight excluding hydrogens is 366 g/mol. The number of carbonyl (C=O) groups is 1. The summed E-state index contributed by atoms with van der Waals surface area (Å²) in [5, 5.41) is 7.12. The van der Waals surface area contributed by atoms with Crippen LogP contribution in [0.25, 0.3) is 0 Å². The Morgan fingerprint density at radius 1 is 1.22 bits per heavy atom. The predicted molar refractivity (Wildman–Crippen MR) is 103 cm³/mol. The Morgan fingerprint density at radius 3 is 2.52 bits per heavy atom. The molecule has 0 aliphatic carbocycles. The maximum atomic E-state index is 12.9. The van der Waals surface area contributed by atoms with Crippen LogP contribution in [0, 0.1) is 20.8 Å². The lowest BCUT2D eigenvalue weighted by Gasteiger charge is -2.36. The van der Waals surface area contributed by atoms with Gasteiger partial charge in [0.15, 0.2) is 0 Å². The summed E-state index contributed by atoms with van der Waals surface area (Å²) >= 11 is 0. The van der Waals surface area contributed by atoms with Crippen molar-refractivity contribution in [3.05, 3.63) is 46.8 Å². The number of hydrogen-bond acceptors (Lipinski definition) is 4. The van der Waals surface area contributed by atoms with Crippen molar-refractivity contribution in [2.45, 2.75) is 39.3 Å². The standard InChI is InChI=1S/C18H25N5O3S/c1-11-6-7-14(8-12(11)2)19-18(24)17-9-16(21-27(25,26)23(17)5)15-10-22(4)20-13(15)3/h6-8,10,16-17,21H,9H2,1-5H3,(H,19,24)/t16-,17-/m1/s1. The number of hydrogen-bond donors (Lipinski definition) is 2. The molecule has 1 amide bonds. The Kier molecular flexibility index (Phi) is 5.11. The summed E-state index contributed by atoms with van der Waals surface area (Å²) in [5.41, 5.74) is 4.35. The summed E-state index contributed by atoms with van der Waals surface area (Å²) in [7, 11) is -0.585. The third-order valence-electron chi connectivity index (χ3n) is 5.07. The van der Waals surface area contributed by atoms with Crippen molar-refractivity contribution in [1.29, 1.82) is 0 Å². The minimum absolute atomic E-state index is 0.318. The van der Waals surface area contributed by atoms with E-state index in [1.807, 2.05) is 39.0 Å². The maximum absolute atomic E-state index is 12.9. The number of nitrogens with zero attached hydrogens (tertiary/aromatic N) is 3. The fourth-order valence-corrected chi connectivity index (χ4v) is 4.58. The molecule has 1 fully saturated rings. The highest BCUT2D eigenvalue weighted by Crippen LogP contribution is 2.30. The van der Waals surface area contributed by atoms with Crippen molar-refractivity contribution in [3.8, 4) is 0 Å². The molecular formula is C18H25N5O3S. The molecule has 2 N–H and O–H groups in total. The van der Waals surface area contributed by atoms with Gasteiger partial charge in [0.1, 0.15) is 6.04 Å². The second-order valence-electron chi connectivity index (χ2n) is 7.07. The van der Waals surface area contributed by atoms with E-state index in [1.165, 1.54) is 7.05 Å². The Balaban J connectivity index is 1.86. The van der Waals surface area contributed by atoms with Crippen LogP contribution in [-0.2, 0) is 22.1 Å². The average molecular weight is 391 g/mol. The number of aryl methyl sites for hydroxylation is 4. The molecule has 0 spiro atoms. The summed E-state index contributed by atoms with van der Waals surface area (Å²) < 4.78 is 30.5. The van der Waals surface area contributed by atoms with Gasteiger partial charge in [0.05, 0.1) is 11.7 Å². The van der Waals surface area contributed by atoms with Crippen molar-refractivity contribution in [2.75, 3.05) is 12.4 Å². The van der Waals surface area contributed by atoms with Gasteiger partial charge in [-0.1, -0.05) is 6.07 Å². The number of rotatable bonds is 3. The second-order valence-corrected chi connectivity index (χ2v) is 8.84. The zero-order valence-electron chi connectivity index (χ0n) is 16.1. The van der Waals surface area contributed by atoms with Crippen LogP contribution in [0.1, 0.15) is 34.8 Å². The van der Waals surface area contributed by atoms with Gasteiger partial charge in [0, 0.05) is 31.5 Å². The maximum Gasteiger partial charge on any atom is 0.280 e. The average Bonchev–Trinajstić information content (AvgIpc) is 2.91. The molecule has 2 aromatic rings. The molecule has 9 heteroatoms. The summed E-state index contributed by atoms with van der Waals surface area (Å²) in [4.78, 5) is 12.9. The highest BCUT2D eigenvalue weighted by atomic mass is 32.2. The predicted octanol–water partition coefficient (Wildman–Crippen LogP) is 1.56. The number of amides is 1. The molecule has 0 bridgehead atoms. The zero-order valence-corrected chi connectivity index (χ0v) is 17.0. The first-order valence-corrected chi connectivity index (χ1v) is 10.2. The van der Waals surface area contributed by atoms with E-state index in [-0.39, 0.29) is 5.91 Å². The van der Waals surface area contributed by atoms with Gasteiger partial charge in [-0.3, -0.25) is 9.48 Å². The van der Waals surface area contributed by atoms with E-state index >= 15 is 0 Å². The molecule has 2 atom stereocenters. The first-order chi connectivity index (χ1) is 12.6. The normalized spacial score (nSPS) is 22.6. The molecule has 2 heterocycles. The van der Waals surface area contributed by atoms with E-state index in [0.29, 0.717) is 12.1 Å². The number of benzene rings is 1. The minimum atomic E-state index is -3.78. The Hall–Kier alpha value is -2.23. The van der Waals surface area contributed by atoms with Gasteiger partial charge >= 0.3 is 0 Å². The zero-order chi connectivity index (χ0) is 19.9. The van der Waals surface area contributed by atoms with Gasteiger partial charge in [0.2, 0.25) is 5.91 Å². The third-order valence-corrected chi connectivity index (χ3v) is 6.67. The largest absolute Gasteiger partial charge is 0.325 e. The molecule has 1 saturated heterocycles. The lowest BCUT2D eigenvalue weighted by Crippen LogP contribution is -2.56. The molecule has 0 saturated carbocycles. The van der Waals surface area contributed by atoms with Crippen LogP contribution in [0.2, 0.25) is 0 Å². The van der Waals surface area contributed by atoms with Gasteiger partial charge in [-0.25, -0.2) is 0 Å². The summed E-state index contributed by atoms with van der Waals surface area (Å²) in [6.07, 6.45) is 2.10. The Labute approximate surface area is 159 Å². The first kappa shape index (κ1) is 19.5. The highest BCUT2D eigenvalue weighted by Gasteiger charge is 2.41. The van der Waals surface area contributed by atoms with Gasteiger partial charge in [-0.2, -0.15) is 22.5 Å². The number of aromatic nitrogens is 2. The van der Waals surface area contributed by atoms with Gasteiger partial charge < -0.3 is 5.32 Å². The number of carbonyl (C=O) groups excluding carboxylic acids is 1. The van der Waals surface area contributed by atoms with Crippen molar-refractivity contribution in [3.63, 3.8) is 0 Å². The van der Waals surface area contributed by atoms with Crippen LogP contribution >= 0.6 is 0 Å². The van der Waals surface area contributed by atoms with Gasteiger partial charge in [-0.05, 0) is 50.5 Å². The van der Waals surface area contributed by atoms with Crippen LogP contribution in [0.5, 0.6) is 0 Å². The van der Waals surface area contributed by atoms with Crippen molar-refractivity contribution in [1.82, 2.24) is 18.8 Å². The van der Waals surface area contributed by atoms with Crippen molar-refractivity contribution in [2.24, 2.45) is 7.05 Å². The number of likely N-dealkylation sites (N-methyl/N-ethyl adjacent to an activating group) is 1. The molecule has 1 aromatic carbocycles. The first-order valence-electron chi connectivity index (χ1n) is 8.72. The highest BCUT2D eigenvalue weighted by molar-refractivity contribution is 7.87. The van der Waals surface area contributed by atoms with Crippen LogP contribution < -0.4 is 10.0 Å². The summed E-state index contributed by atoms with van der Waals surface area (Å²) in [5.74, 6) is -0.350. The molecule has 3 rings (SSSR count). The van der Waals surface area contributed by atoms with Gasteiger partial charge in [0.25, 0.3) is 10.2 Å². The molecule has 0 radical (unpaired) electrons. The lowest BCUT2D eigenvalue weighted by atomic mass is 10.00. The fourth-order valence-electron chi connectivity index (χ4n) is 3.32. The molecule has 27 heavy (non-hydrogen) atoms. The molecule has 8 nitrogen and oxygen atoms in total. The topological polar surface area (TPSA) is 96.3 Å². The van der Waals surface area contributed by atoms with Crippen LogP contribution in [-0.4, -0.2) is 41.5 Å². The smallest absolute Gasteiger partial charge is 0.280 e. The van der Waals surface area contributed by atoms with E-state index in [4.69, 9.17) is 0 Å². The molecule has 0 unspecified atom stereocenters. The molecule has 1 aliphatic rings.